The Balaban J connectivity index is 2.04. The summed E-state index contributed by atoms with van der Waals surface area (Å²) in [7, 11) is 0. The van der Waals surface area contributed by atoms with Gasteiger partial charge in [-0.05, 0) is 30.5 Å². The van der Waals surface area contributed by atoms with Crippen molar-refractivity contribution in [2.24, 2.45) is 0 Å². The molecule has 0 aromatic heterocycles. The first kappa shape index (κ1) is 17.0. The Hall–Kier alpha value is -0.0100. The molecule has 0 bridgehead atoms. The number of hydrogen-bond donors (Lipinski definition) is 0. The lowest BCUT2D eigenvalue weighted by Crippen LogP contribution is -2.02. The van der Waals surface area contributed by atoms with Gasteiger partial charge in [0, 0.05) is 9.85 Å². The second-order valence-corrected chi connectivity index (χ2v) is 7.07. The lowest BCUT2D eigenvalue weighted by molar-refractivity contribution is 0.570. The number of benzene rings is 1. The van der Waals surface area contributed by atoms with E-state index in [1.54, 1.807) is 0 Å². The average Bonchev–Trinajstić information content (AvgIpc) is 2.40. The molecule has 19 heavy (non-hydrogen) atoms. The van der Waals surface area contributed by atoms with E-state index < -0.39 is 0 Å². The van der Waals surface area contributed by atoms with Gasteiger partial charge in [0.25, 0.3) is 0 Å². The summed E-state index contributed by atoms with van der Waals surface area (Å²) in [4.78, 5) is 0.601. The first-order valence-electron chi connectivity index (χ1n) is 7.61. The summed E-state index contributed by atoms with van der Waals surface area (Å²) < 4.78 is 0. The molecule has 0 N–H and O–H groups in total. The van der Waals surface area contributed by atoms with Crippen LogP contribution < -0.4 is 0 Å². The molecule has 0 radical (unpaired) electrons. The Morgan fingerprint density at radius 3 is 2.16 bits per heavy atom. The standard InChI is InChI=1S/C17H26BrCl/c1-2-3-4-5-6-7-8-9-16(18)14-15-10-12-17(19)13-11-15/h10-13,16H,2-9,14H2,1H3. The topological polar surface area (TPSA) is 0 Å². The molecule has 1 atom stereocenters. The van der Waals surface area contributed by atoms with Crippen LogP contribution in [-0.2, 0) is 6.42 Å². The van der Waals surface area contributed by atoms with Gasteiger partial charge in [0.1, 0.15) is 0 Å². The number of rotatable bonds is 10. The van der Waals surface area contributed by atoms with Crippen molar-refractivity contribution in [2.75, 3.05) is 0 Å². The van der Waals surface area contributed by atoms with E-state index in [4.69, 9.17) is 11.6 Å². The molecule has 0 aliphatic rings. The van der Waals surface area contributed by atoms with E-state index in [0.717, 1.165) is 11.4 Å². The van der Waals surface area contributed by atoms with Crippen molar-refractivity contribution in [1.29, 1.82) is 0 Å². The maximum absolute atomic E-state index is 5.89. The molecule has 1 rings (SSSR count). The summed E-state index contributed by atoms with van der Waals surface area (Å²) in [5.41, 5.74) is 1.37. The smallest absolute Gasteiger partial charge is 0.0406 e. The zero-order valence-corrected chi connectivity index (χ0v) is 14.3. The van der Waals surface area contributed by atoms with Gasteiger partial charge < -0.3 is 0 Å². The fourth-order valence-electron chi connectivity index (χ4n) is 2.30. The molecule has 0 fully saturated rings. The van der Waals surface area contributed by atoms with Crippen LogP contribution in [0, 0.1) is 0 Å². The molecule has 0 saturated heterocycles. The van der Waals surface area contributed by atoms with Crippen molar-refractivity contribution in [3.63, 3.8) is 0 Å². The summed E-state index contributed by atoms with van der Waals surface area (Å²) in [6, 6.07) is 8.21. The largest absolute Gasteiger partial charge is 0.0887 e. The van der Waals surface area contributed by atoms with Crippen molar-refractivity contribution in [3.05, 3.63) is 34.9 Å². The molecule has 0 aliphatic heterocycles. The molecule has 108 valence electrons. The highest BCUT2D eigenvalue weighted by Crippen LogP contribution is 2.19. The minimum Gasteiger partial charge on any atom is -0.0887 e. The molecule has 1 unspecified atom stereocenters. The molecule has 0 spiro atoms. The van der Waals surface area contributed by atoms with Crippen LogP contribution in [0.5, 0.6) is 0 Å². The highest BCUT2D eigenvalue weighted by atomic mass is 79.9. The van der Waals surface area contributed by atoms with Crippen LogP contribution in [0.4, 0.5) is 0 Å². The molecule has 1 aromatic rings. The minimum absolute atomic E-state index is 0.601. The van der Waals surface area contributed by atoms with Crippen molar-refractivity contribution in [2.45, 2.75) is 69.5 Å². The minimum atomic E-state index is 0.601. The Kier molecular flexibility index (Phi) is 9.63. The van der Waals surface area contributed by atoms with Gasteiger partial charge in [-0.1, -0.05) is 91.5 Å². The van der Waals surface area contributed by atoms with Gasteiger partial charge in [0.05, 0.1) is 0 Å². The van der Waals surface area contributed by atoms with Crippen LogP contribution in [-0.4, -0.2) is 4.83 Å². The SMILES string of the molecule is CCCCCCCCCC(Br)Cc1ccc(Cl)cc1. The molecule has 1 aromatic carbocycles. The van der Waals surface area contributed by atoms with E-state index in [-0.39, 0.29) is 0 Å². The summed E-state index contributed by atoms with van der Waals surface area (Å²) in [6.07, 6.45) is 12.1. The van der Waals surface area contributed by atoms with Crippen molar-refractivity contribution in [1.82, 2.24) is 0 Å². The predicted molar refractivity (Wildman–Crippen MR) is 90.5 cm³/mol. The summed E-state index contributed by atoms with van der Waals surface area (Å²) in [5.74, 6) is 0. The Bertz CT molecular complexity index is 321. The van der Waals surface area contributed by atoms with Crippen LogP contribution in [0.15, 0.2) is 24.3 Å². The third-order valence-electron chi connectivity index (χ3n) is 3.49. The fraction of sp³-hybridized carbons (Fsp3) is 0.647. The molecule has 0 heterocycles. The summed E-state index contributed by atoms with van der Waals surface area (Å²) in [5, 5.41) is 0.821. The van der Waals surface area contributed by atoms with E-state index in [2.05, 4.69) is 35.0 Å². The van der Waals surface area contributed by atoms with Crippen molar-refractivity contribution < 1.29 is 0 Å². The highest BCUT2D eigenvalue weighted by Gasteiger charge is 2.05. The van der Waals surface area contributed by atoms with Crippen molar-refractivity contribution in [3.8, 4) is 0 Å². The summed E-state index contributed by atoms with van der Waals surface area (Å²) >= 11 is 9.69. The Morgan fingerprint density at radius 1 is 0.947 bits per heavy atom. The molecular weight excluding hydrogens is 320 g/mol. The zero-order valence-electron chi connectivity index (χ0n) is 12.0. The van der Waals surface area contributed by atoms with Gasteiger partial charge >= 0.3 is 0 Å². The zero-order chi connectivity index (χ0) is 13.9. The van der Waals surface area contributed by atoms with Crippen LogP contribution in [0.25, 0.3) is 0 Å². The molecule has 0 saturated carbocycles. The van der Waals surface area contributed by atoms with E-state index >= 15 is 0 Å². The average molecular weight is 346 g/mol. The fourth-order valence-corrected chi connectivity index (χ4v) is 3.12. The lowest BCUT2D eigenvalue weighted by atomic mass is 10.0. The monoisotopic (exact) mass is 344 g/mol. The molecule has 2 heteroatoms. The predicted octanol–water partition coefficient (Wildman–Crippen LogP) is 6.79. The molecule has 0 aliphatic carbocycles. The highest BCUT2D eigenvalue weighted by molar-refractivity contribution is 9.09. The van der Waals surface area contributed by atoms with Crippen LogP contribution in [0.3, 0.4) is 0 Å². The number of hydrogen-bond acceptors (Lipinski definition) is 0. The van der Waals surface area contributed by atoms with Crippen LogP contribution >= 0.6 is 27.5 Å². The second kappa shape index (κ2) is 10.7. The van der Waals surface area contributed by atoms with E-state index in [1.807, 2.05) is 12.1 Å². The van der Waals surface area contributed by atoms with Gasteiger partial charge in [0.2, 0.25) is 0 Å². The third kappa shape index (κ3) is 8.70. The first-order valence-corrected chi connectivity index (χ1v) is 8.90. The normalized spacial score (nSPS) is 12.6. The molecule has 0 nitrogen and oxygen atoms in total. The number of unbranched alkanes of at least 4 members (excludes halogenated alkanes) is 6. The first-order chi connectivity index (χ1) is 9.22. The van der Waals surface area contributed by atoms with E-state index in [1.165, 1.54) is 56.9 Å². The lowest BCUT2D eigenvalue weighted by Gasteiger charge is -2.10. The number of alkyl halides is 1. The maximum Gasteiger partial charge on any atom is 0.0406 e. The van der Waals surface area contributed by atoms with Gasteiger partial charge in [-0.15, -0.1) is 0 Å². The number of halogens is 2. The van der Waals surface area contributed by atoms with E-state index in [0.29, 0.717) is 4.83 Å². The second-order valence-electron chi connectivity index (χ2n) is 5.34. The van der Waals surface area contributed by atoms with Gasteiger partial charge in [-0.3, -0.25) is 0 Å². The van der Waals surface area contributed by atoms with Gasteiger partial charge in [-0.2, -0.15) is 0 Å². The summed E-state index contributed by atoms with van der Waals surface area (Å²) in [6.45, 7) is 2.27. The van der Waals surface area contributed by atoms with Gasteiger partial charge in [0.15, 0.2) is 0 Å². The molecule has 0 amide bonds. The Morgan fingerprint density at radius 2 is 1.53 bits per heavy atom. The quantitative estimate of drug-likeness (QED) is 0.323. The molecular formula is C17H26BrCl. The van der Waals surface area contributed by atoms with Crippen LogP contribution in [0.2, 0.25) is 5.02 Å². The Labute approximate surface area is 132 Å². The maximum atomic E-state index is 5.89. The third-order valence-corrected chi connectivity index (χ3v) is 4.52. The van der Waals surface area contributed by atoms with Crippen molar-refractivity contribution >= 4 is 27.5 Å². The van der Waals surface area contributed by atoms with E-state index in [9.17, 15) is 0 Å². The van der Waals surface area contributed by atoms with Crippen LogP contribution in [0.1, 0.15) is 63.9 Å². The van der Waals surface area contributed by atoms with Gasteiger partial charge in [-0.25, -0.2) is 0 Å².